The number of halogens is 1. The molecule has 0 radical (unpaired) electrons. The molecule has 18 heavy (non-hydrogen) atoms. The van der Waals surface area contributed by atoms with Crippen LogP contribution in [0.2, 0.25) is 5.02 Å². The van der Waals surface area contributed by atoms with E-state index in [1.165, 1.54) is 0 Å². The molecule has 1 rings (SSSR count). The molecular formula is C13H23ClN4. The Kier molecular flexibility index (Phi) is 5.69. The topological polar surface area (TPSA) is 54.2 Å². The molecule has 102 valence electrons. The van der Waals surface area contributed by atoms with Gasteiger partial charge in [-0.25, -0.2) is 4.98 Å². The van der Waals surface area contributed by atoms with Crippen molar-refractivity contribution >= 4 is 23.1 Å². The first-order valence-corrected chi connectivity index (χ1v) is 6.58. The fraction of sp³-hybridized carbons (Fsp3) is 0.615. The van der Waals surface area contributed by atoms with Gasteiger partial charge in [0.1, 0.15) is 5.82 Å². The Morgan fingerprint density at radius 3 is 2.61 bits per heavy atom. The van der Waals surface area contributed by atoms with Gasteiger partial charge in [0.2, 0.25) is 0 Å². The molecule has 1 heterocycles. The molecule has 0 saturated carbocycles. The first-order valence-electron chi connectivity index (χ1n) is 6.20. The van der Waals surface area contributed by atoms with Crippen molar-refractivity contribution in [1.82, 2.24) is 9.88 Å². The molecule has 0 saturated heterocycles. The van der Waals surface area contributed by atoms with Gasteiger partial charge >= 0.3 is 0 Å². The van der Waals surface area contributed by atoms with Crippen molar-refractivity contribution in [2.45, 2.75) is 26.3 Å². The third-order valence-corrected chi connectivity index (χ3v) is 2.83. The van der Waals surface area contributed by atoms with E-state index in [1.807, 2.05) is 0 Å². The Labute approximate surface area is 115 Å². The molecule has 0 bridgehead atoms. The molecule has 3 N–H and O–H groups in total. The maximum atomic E-state index is 6.13. The van der Waals surface area contributed by atoms with Crippen molar-refractivity contribution in [2.75, 3.05) is 31.7 Å². The van der Waals surface area contributed by atoms with E-state index in [2.05, 4.69) is 43.1 Å². The van der Waals surface area contributed by atoms with Crippen molar-refractivity contribution in [2.24, 2.45) is 5.92 Å². The zero-order chi connectivity index (χ0) is 13.7. The molecule has 0 fully saturated rings. The highest BCUT2D eigenvalue weighted by atomic mass is 35.5. The van der Waals surface area contributed by atoms with Crippen LogP contribution in [0.5, 0.6) is 0 Å². The zero-order valence-electron chi connectivity index (χ0n) is 11.6. The molecule has 4 nitrogen and oxygen atoms in total. The number of nitrogens with zero attached hydrogens (tertiary/aromatic N) is 2. The first kappa shape index (κ1) is 15.1. The predicted octanol–water partition coefficient (Wildman–Crippen LogP) is 2.71. The van der Waals surface area contributed by atoms with Gasteiger partial charge in [0.25, 0.3) is 0 Å². The smallest absolute Gasteiger partial charge is 0.145 e. The van der Waals surface area contributed by atoms with Gasteiger partial charge in [-0.2, -0.15) is 0 Å². The van der Waals surface area contributed by atoms with E-state index in [4.69, 9.17) is 17.3 Å². The summed E-state index contributed by atoms with van der Waals surface area (Å²) in [5.74, 6) is 1.33. The molecule has 1 unspecified atom stereocenters. The monoisotopic (exact) mass is 270 g/mol. The lowest BCUT2D eigenvalue weighted by Gasteiger charge is -2.24. The third-order valence-electron chi connectivity index (χ3n) is 2.54. The van der Waals surface area contributed by atoms with Crippen LogP contribution in [-0.4, -0.2) is 36.6 Å². The number of anilines is 2. The second-order valence-corrected chi connectivity index (χ2v) is 5.74. The molecule has 0 aliphatic rings. The summed E-state index contributed by atoms with van der Waals surface area (Å²) >= 11 is 6.13. The normalized spacial score (nSPS) is 13.1. The Balaban J connectivity index is 2.75. The predicted molar refractivity (Wildman–Crippen MR) is 79.1 cm³/mol. The van der Waals surface area contributed by atoms with Crippen LogP contribution in [0, 0.1) is 5.92 Å². The highest BCUT2D eigenvalue weighted by Gasteiger charge is 2.14. The SMILES string of the molecule is CC(C)CC(CN(C)C)Nc1ncc(N)cc1Cl. The van der Waals surface area contributed by atoms with Crippen LogP contribution >= 0.6 is 11.6 Å². The van der Waals surface area contributed by atoms with Crippen molar-refractivity contribution in [3.05, 3.63) is 17.3 Å². The summed E-state index contributed by atoms with van der Waals surface area (Å²) in [5, 5.41) is 3.97. The molecule has 0 spiro atoms. The van der Waals surface area contributed by atoms with Gasteiger partial charge in [0.15, 0.2) is 0 Å². The quantitative estimate of drug-likeness (QED) is 0.835. The van der Waals surface area contributed by atoms with Crippen molar-refractivity contribution < 1.29 is 0 Å². The standard InChI is InChI=1S/C13H23ClN4/c1-9(2)5-11(8-18(3)4)17-13-12(14)6-10(15)7-16-13/h6-7,9,11H,5,8,15H2,1-4H3,(H,16,17). The minimum Gasteiger partial charge on any atom is -0.397 e. The molecule has 0 aromatic carbocycles. The Morgan fingerprint density at radius 1 is 1.44 bits per heavy atom. The molecule has 0 amide bonds. The Hall–Kier alpha value is -1.00. The minimum atomic E-state index is 0.327. The maximum Gasteiger partial charge on any atom is 0.145 e. The highest BCUT2D eigenvalue weighted by Crippen LogP contribution is 2.23. The fourth-order valence-corrected chi connectivity index (χ4v) is 2.17. The van der Waals surface area contributed by atoms with Crippen LogP contribution in [0.25, 0.3) is 0 Å². The van der Waals surface area contributed by atoms with E-state index < -0.39 is 0 Å². The van der Waals surface area contributed by atoms with E-state index in [9.17, 15) is 0 Å². The van der Waals surface area contributed by atoms with E-state index in [1.54, 1.807) is 12.3 Å². The fourth-order valence-electron chi connectivity index (χ4n) is 1.94. The van der Waals surface area contributed by atoms with Crippen molar-refractivity contribution in [3.63, 3.8) is 0 Å². The number of hydrogen-bond donors (Lipinski definition) is 2. The Morgan fingerprint density at radius 2 is 2.11 bits per heavy atom. The summed E-state index contributed by atoms with van der Waals surface area (Å²) in [4.78, 5) is 6.40. The average molecular weight is 271 g/mol. The molecule has 1 atom stereocenters. The number of nitrogen functional groups attached to an aromatic ring is 1. The highest BCUT2D eigenvalue weighted by molar-refractivity contribution is 6.33. The van der Waals surface area contributed by atoms with Gasteiger partial charge in [0, 0.05) is 12.6 Å². The van der Waals surface area contributed by atoms with Crippen LogP contribution in [0.3, 0.4) is 0 Å². The lowest BCUT2D eigenvalue weighted by atomic mass is 10.0. The molecule has 5 heteroatoms. The second-order valence-electron chi connectivity index (χ2n) is 5.33. The largest absolute Gasteiger partial charge is 0.397 e. The van der Waals surface area contributed by atoms with E-state index in [0.29, 0.717) is 28.5 Å². The van der Waals surface area contributed by atoms with Crippen LogP contribution in [0.4, 0.5) is 11.5 Å². The minimum absolute atomic E-state index is 0.327. The van der Waals surface area contributed by atoms with Gasteiger partial charge in [-0.15, -0.1) is 0 Å². The molecule has 0 aliphatic heterocycles. The van der Waals surface area contributed by atoms with Crippen LogP contribution in [0.1, 0.15) is 20.3 Å². The molecule has 1 aromatic heterocycles. The number of hydrogen-bond acceptors (Lipinski definition) is 4. The average Bonchev–Trinajstić information content (AvgIpc) is 2.20. The maximum absolute atomic E-state index is 6.13. The lowest BCUT2D eigenvalue weighted by molar-refractivity contribution is 0.356. The van der Waals surface area contributed by atoms with E-state index >= 15 is 0 Å². The number of aromatic nitrogens is 1. The number of likely N-dealkylation sites (N-methyl/N-ethyl adjacent to an activating group) is 1. The van der Waals surface area contributed by atoms with E-state index in [0.717, 1.165) is 13.0 Å². The Bertz CT molecular complexity index is 369. The van der Waals surface area contributed by atoms with Gasteiger partial charge < -0.3 is 16.0 Å². The lowest BCUT2D eigenvalue weighted by Crippen LogP contribution is -2.33. The van der Waals surface area contributed by atoms with Gasteiger partial charge in [-0.05, 0) is 32.5 Å². The van der Waals surface area contributed by atoms with Gasteiger partial charge in [-0.3, -0.25) is 0 Å². The third kappa shape index (κ3) is 5.10. The number of pyridine rings is 1. The summed E-state index contributed by atoms with van der Waals surface area (Å²) in [6.45, 7) is 5.37. The number of nitrogens with one attached hydrogen (secondary N) is 1. The van der Waals surface area contributed by atoms with Gasteiger partial charge in [-0.1, -0.05) is 25.4 Å². The summed E-state index contributed by atoms with van der Waals surface area (Å²) in [5.41, 5.74) is 6.22. The van der Waals surface area contributed by atoms with E-state index in [-0.39, 0.29) is 0 Å². The summed E-state index contributed by atoms with van der Waals surface area (Å²) in [7, 11) is 4.13. The number of rotatable bonds is 6. The summed E-state index contributed by atoms with van der Waals surface area (Å²) < 4.78 is 0. The summed E-state index contributed by atoms with van der Waals surface area (Å²) in [6.07, 6.45) is 2.69. The van der Waals surface area contributed by atoms with Gasteiger partial charge in [0.05, 0.1) is 16.9 Å². The van der Waals surface area contributed by atoms with Crippen LogP contribution in [0.15, 0.2) is 12.3 Å². The molecular weight excluding hydrogens is 248 g/mol. The molecule has 0 aliphatic carbocycles. The van der Waals surface area contributed by atoms with Crippen molar-refractivity contribution in [3.8, 4) is 0 Å². The first-order chi connectivity index (χ1) is 8.38. The number of nitrogens with two attached hydrogens (primary N) is 1. The van der Waals surface area contributed by atoms with Crippen molar-refractivity contribution in [1.29, 1.82) is 0 Å². The van der Waals surface area contributed by atoms with Crippen LogP contribution < -0.4 is 11.1 Å². The second kappa shape index (κ2) is 6.81. The van der Waals surface area contributed by atoms with Crippen LogP contribution in [-0.2, 0) is 0 Å². The zero-order valence-corrected chi connectivity index (χ0v) is 12.3. The summed E-state index contributed by atoms with van der Waals surface area (Å²) in [6, 6.07) is 2.05. The molecule has 1 aromatic rings.